The topological polar surface area (TPSA) is 83.5 Å². The van der Waals surface area contributed by atoms with E-state index in [9.17, 15) is 19.5 Å². The Morgan fingerprint density at radius 2 is 2.04 bits per heavy atom. The Kier molecular flexibility index (Phi) is 4.07. The monoisotopic (exact) mass is 319 g/mol. The quantitative estimate of drug-likeness (QED) is 0.814. The van der Waals surface area contributed by atoms with Crippen LogP contribution in [0.5, 0.6) is 0 Å². The average molecular weight is 319 g/mol. The molecule has 0 spiro atoms. The summed E-state index contributed by atoms with van der Waals surface area (Å²) >= 11 is 0. The van der Waals surface area contributed by atoms with Gasteiger partial charge in [0.05, 0.1) is 0 Å². The molecule has 0 aromatic carbocycles. The fourth-order valence-electron chi connectivity index (χ4n) is 4.44. The number of carbonyl (C=O) groups is 3. The molecule has 1 amide bonds. The number of rotatable bonds is 5. The normalized spacial score (nSPS) is 38.7. The Hall–Kier alpha value is -1.65. The summed E-state index contributed by atoms with van der Waals surface area (Å²) in [4.78, 5) is 36.4. The molecule has 0 aromatic heterocycles. The molecular formula is C18H25NO4. The second-order valence-electron chi connectivity index (χ2n) is 7.28. The summed E-state index contributed by atoms with van der Waals surface area (Å²) in [6.07, 6.45) is 6.23. The van der Waals surface area contributed by atoms with Gasteiger partial charge in [-0.2, -0.15) is 0 Å². The minimum Gasteiger partial charge on any atom is -0.479 e. The number of ketones is 1. The molecule has 0 aromatic rings. The third-order valence-electron chi connectivity index (χ3n) is 6.08. The molecule has 0 radical (unpaired) electrons. The molecule has 2 saturated carbocycles. The number of Topliss-reactive ketones (excluding diaryl/α,β-unsaturated/α-hetero) is 1. The number of allylic oxidation sites excluding steroid dienone is 1. The van der Waals surface area contributed by atoms with Crippen molar-refractivity contribution in [3.05, 3.63) is 11.6 Å². The van der Waals surface area contributed by atoms with E-state index in [-0.39, 0.29) is 35.4 Å². The molecular weight excluding hydrogens is 294 g/mol. The zero-order valence-electron chi connectivity index (χ0n) is 13.8. The van der Waals surface area contributed by atoms with Crippen LogP contribution in [0.4, 0.5) is 0 Å². The first-order valence-corrected chi connectivity index (χ1v) is 8.73. The molecule has 2 fully saturated rings. The molecule has 23 heavy (non-hydrogen) atoms. The Balaban J connectivity index is 1.82. The van der Waals surface area contributed by atoms with Gasteiger partial charge in [-0.1, -0.05) is 26.3 Å². The number of fused-ring (bicyclic) bond motifs is 1. The summed E-state index contributed by atoms with van der Waals surface area (Å²) < 4.78 is 0. The van der Waals surface area contributed by atoms with Gasteiger partial charge in [0.2, 0.25) is 5.91 Å². The highest BCUT2D eigenvalue weighted by Crippen LogP contribution is 2.48. The molecule has 3 rings (SSSR count). The molecule has 0 bridgehead atoms. The van der Waals surface area contributed by atoms with E-state index in [1.165, 1.54) is 0 Å². The second-order valence-corrected chi connectivity index (χ2v) is 7.28. The number of carbonyl (C=O) groups excluding carboxylic acids is 2. The zero-order chi connectivity index (χ0) is 16.8. The Bertz CT molecular complexity index is 582. The highest BCUT2D eigenvalue weighted by Gasteiger charge is 2.61. The number of aliphatic carboxylic acids is 1. The minimum atomic E-state index is -1.09. The van der Waals surface area contributed by atoms with Crippen molar-refractivity contribution in [2.24, 2.45) is 23.7 Å². The van der Waals surface area contributed by atoms with E-state index >= 15 is 0 Å². The third-order valence-corrected chi connectivity index (χ3v) is 6.08. The van der Waals surface area contributed by atoms with E-state index in [0.29, 0.717) is 18.4 Å². The predicted molar refractivity (Wildman–Crippen MR) is 84.6 cm³/mol. The molecule has 0 aliphatic heterocycles. The van der Waals surface area contributed by atoms with Crippen molar-refractivity contribution < 1.29 is 19.5 Å². The summed E-state index contributed by atoms with van der Waals surface area (Å²) in [5.74, 6) is -0.774. The van der Waals surface area contributed by atoms with Crippen molar-refractivity contribution >= 4 is 17.7 Å². The fourth-order valence-corrected chi connectivity index (χ4v) is 4.44. The molecule has 3 aliphatic rings. The van der Waals surface area contributed by atoms with Gasteiger partial charge in [-0.15, -0.1) is 0 Å². The van der Waals surface area contributed by atoms with Gasteiger partial charge in [-0.3, -0.25) is 9.59 Å². The SMILES string of the molecule is CC[C@@H]1C=C(C(=O)N[C@]2(C(=O)O)C[C@@H]2CC)[C@@H]2CCC(=O)[C@@H]2C1. The van der Waals surface area contributed by atoms with Crippen LogP contribution in [0.3, 0.4) is 0 Å². The van der Waals surface area contributed by atoms with Crippen molar-refractivity contribution in [1.29, 1.82) is 0 Å². The lowest BCUT2D eigenvalue weighted by molar-refractivity contribution is -0.143. The van der Waals surface area contributed by atoms with Crippen molar-refractivity contribution in [2.45, 2.75) is 57.9 Å². The first-order valence-electron chi connectivity index (χ1n) is 8.73. The summed E-state index contributed by atoms with van der Waals surface area (Å²) in [5.41, 5.74) is -0.439. The van der Waals surface area contributed by atoms with Gasteiger partial charge in [-0.05, 0) is 43.4 Å². The molecule has 0 heterocycles. The van der Waals surface area contributed by atoms with Gasteiger partial charge in [0.25, 0.3) is 0 Å². The van der Waals surface area contributed by atoms with E-state index in [2.05, 4.69) is 12.2 Å². The highest BCUT2D eigenvalue weighted by molar-refractivity contribution is 6.00. The van der Waals surface area contributed by atoms with Gasteiger partial charge in [0, 0.05) is 17.9 Å². The van der Waals surface area contributed by atoms with Crippen LogP contribution in [-0.4, -0.2) is 28.3 Å². The van der Waals surface area contributed by atoms with Gasteiger partial charge >= 0.3 is 5.97 Å². The van der Waals surface area contributed by atoms with Crippen LogP contribution >= 0.6 is 0 Å². The van der Waals surface area contributed by atoms with Crippen molar-refractivity contribution in [2.75, 3.05) is 0 Å². The smallest absolute Gasteiger partial charge is 0.329 e. The average Bonchev–Trinajstić information content (AvgIpc) is 3.14. The van der Waals surface area contributed by atoms with E-state index in [1.807, 2.05) is 13.0 Å². The summed E-state index contributed by atoms with van der Waals surface area (Å²) in [6, 6.07) is 0. The maximum Gasteiger partial charge on any atom is 0.329 e. The number of nitrogens with one attached hydrogen (secondary N) is 1. The summed E-state index contributed by atoms with van der Waals surface area (Å²) in [7, 11) is 0. The lowest BCUT2D eigenvalue weighted by atomic mass is 9.74. The molecule has 126 valence electrons. The number of carboxylic acid groups (broad SMARTS) is 1. The van der Waals surface area contributed by atoms with Crippen LogP contribution in [0.15, 0.2) is 11.6 Å². The standard InChI is InChI=1S/C18H25NO4/c1-3-10-7-13-12(5-6-15(13)20)14(8-10)16(21)19-18(17(22)23)9-11(18)4-2/h8,10-13H,3-7,9H2,1-2H3,(H,19,21)(H,22,23)/t10-,11-,12+,13+,18+/m0/s1. The number of hydrogen-bond acceptors (Lipinski definition) is 3. The van der Waals surface area contributed by atoms with Crippen LogP contribution in [0.1, 0.15) is 52.4 Å². The number of amides is 1. The number of carboxylic acids is 1. The zero-order valence-corrected chi connectivity index (χ0v) is 13.8. The maximum absolute atomic E-state index is 12.8. The van der Waals surface area contributed by atoms with Crippen molar-refractivity contribution in [3.8, 4) is 0 Å². The Labute approximate surface area is 136 Å². The molecule has 5 atom stereocenters. The van der Waals surface area contributed by atoms with Crippen LogP contribution in [0.25, 0.3) is 0 Å². The van der Waals surface area contributed by atoms with Gasteiger partial charge in [-0.25, -0.2) is 4.79 Å². The largest absolute Gasteiger partial charge is 0.479 e. The molecule has 2 N–H and O–H groups in total. The molecule has 0 saturated heterocycles. The second kappa shape index (κ2) is 5.77. The first-order chi connectivity index (χ1) is 10.9. The highest BCUT2D eigenvalue weighted by atomic mass is 16.4. The van der Waals surface area contributed by atoms with E-state index in [0.717, 1.165) is 25.7 Å². The van der Waals surface area contributed by atoms with Crippen LogP contribution < -0.4 is 5.32 Å². The van der Waals surface area contributed by atoms with Crippen LogP contribution in [-0.2, 0) is 14.4 Å². The molecule has 5 nitrogen and oxygen atoms in total. The summed E-state index contributed by atoms with van der Waals surface area (Å²) in [6.45, 7) is 4.00. The predicted octanol–water partition coefficient (Wildman–Crippen LogP) is 2.31. The molecule has 5 heteroatoms. The Morgan fingerprint density at radius 3 is 2.61 bits per heavy atom. The van der Waals surface area contributed by atoms with E-state index < -0.39 is 11.5 Å². The van der Waals surface area contributed by atoms with Gasteiger partial charge in [0.15, 0.2) is 0 Å². The Morgan fingerprint density at radius 1 is 1.30 bits per heavy atom. The van der Waals surface area contributed by atoms with E-state index in [4.69, 9.17) is 0 Å². The van der Waals surface area contributed by atoms with Gasteiger partial charge in [0.1, 0.15) is 11.3 Å². The fraction of sp³-hybridized carbons (Fsp3) is 0.722. The van der Waals surface area contributed by atoms with Gasteiger partial charge < -0.3 is 10.4 Å². The lowest BCUT2D eigenvalue weighted by Crippen LogP contribution is -2.47. The lowest BCUT2D eigenvalue weighted by Gasteiger charge is -2.30. The van der Waals surface area contributed by atoms with Crippen LogP contribution in [0.2, 0.25) is 0 Å². The van der Waals surface area contributed by atoms with Crippen molar-refractivity contribution in [3.63, 3.8) is 0 Å². The molecule has 0 unspecified atom stereocenters. The number of hydrogen-bond donors (Lipinski definition) is 2. The van der Waals surface area contributed by atoms with Crippen molar-refractivity contribution in [1.82, 2.24) is 5.32 Å². The molecule has 3 aliphatic carbocycles. The first kappa shape index (κ1) is 16.2. The van der Waals surface area contributed by atoms with E-state index in [1.54, 1.807) is 0 Å². The third kappa shape index (κ3) is 2.60. The maximum atomic E-state index is 12.8. The summed E-state index contributed by atoms with van der Waals surface area (Å²) in [5, 5.41) is 12.3. The van der Waals surface area contributed by atoms with Crippen LogP contribution in [0, 0.1) is 23.7 Å². The minimum absolute atomic E-state index is 0.0103.